The maximum absolute atomic E-state index is 10.2. The van der Waals surface area contributed by atoms with Crippen LogP contribution < -0.4 is 0 Å². The second-order valence-corrected chi connectivity index (χ2v) is 2.46. The molecule has 0 aliphatic rings. The minimum absolute atomic E-state index is 0.609. The van der Waals surface area contributed by atoms with E-state index in [-0.39, 0.29) is 0 Å². The Bertz CT molecular complexity index is 280. The summed E-state index contributed by atoms with van der Waals surface area (Å²) in [6.07, 6.45) is 3.00. The topological polar surface area (TPSA) is 26.3 Å². The van der Waals surface area contributed by atoms with Crippen molar-refractivity contribution in [3.05, 3.63) is 42.2 Å². The molecular weight excluding hydrogens is 172 g/mol. The number of hydrogen-bond acceptors (Lipinski definition) is 2. The minimum atomic E-state index is -0.609. The average Bonchev–Trinajstić information content (AvgIpc) is 2.05. The van der Waals surface area contributed by atoms with Gasteiger partial charge in [0, 0.05) is 0 Å². The van der Waals surface area contributed by atoms with Gasteiger partial charge in [-0.3, -0.25) is 0 Å². The van der Waals surface area contributed by atoms with Crippen molar-refractivity contribution in [3.63, 3.8) is 0 Å². The summed E-state index contributed by atoms with van der Waals surface area (Å²) in [4.78, 5) is 10.2. The van der Waals surface area contributed by atoms with Gasteiger partial charge < -0.3 is 4.74 Å². The number of rotatable bonds is 2. The van der Waals surface area contributed by atoms with Crippen molar-refractivity contribution in [3.8, 4) is 0 Å². The zero-order valence-corrected chi connectivity index (χ0v) is 7.20. The van der Waals surface area contributed by atoms with E-state index >= 15 is 0 Å². The minimum Gasteiger partial charge on any atom is -0.427 e. The molecule has 12 heavy (non-hydrogen) atoms. The SMILES string of the molecule is O=C(S)O/C=C/c1ccccc1. The molecule has 0 aliphatic heterocycles. The lowest BCUT2D eigenvalue weighted by Gasteiger charge is -1.91. The number of carbonyl (C=O) groups is 1. The smallest absolute Gasteiger partial charge is 0.369 e. The Morgan fingerprint density at radius 3 is 2.58 bits per heavy atom. The molecule has 62 valence electrons. The Labute approximate surface area is 76.3 Å². The van der Waals surface area contributed by atoms with Gasteiger partial charge in [-0.15, -0.1) is 0 Å². The average molecular weight is 180 g/mol. The van der Waals surface area contributed by atoms with Crippen LogP contribution in [0.1, 0.15) is 5.56 Å². The number of benzene rings is 1. The zero-order valence-electron chi connectivity index (χ0n) is 6.31. The third-order valence-electron chi connectivity index (χ3n) is 1.23. The summed E-state index contributed by atoms with van der Waals surface area (Å²) in [6, 6.07) is 9.54. The lowest BCUT2D eigenvalue weighted by atomic mass is 10.2. The first kappa shape index (κ1) is 8.87. The fourth-order valence-corrected chi connectivity index (χ4v) is 0.796. The van der Waals surface area contributed by atoms with Crippen LogP contribution in [-0.2, 0) is 4.74 Å². The van der Waals surface area contributed by atoms with Crippen LogP contribution in [0.3, 0.4) is 0 Å². The monoisotopic (exact) mass is 180 g/mol. The molecule has 0 amide bonds. The van der Waals surface area contributed by atoms with Gasteiger partial charge in [0.1, 0.15) is 0 Å². The Kier molecular flexibility index (Phi) is 3.41. The highest BCUT2D eigenvalue weighted by Crippen LogP contribution is 2.01. The lowest BCUT2D eigenvalue weighted by Crippen LogP contribution is -1.82. The van der Waals surface area contributed by atoms with Gasteiger partial charge in [0.2, 0.25) is 0 Å². The maximum Gasteiger partial charge on any atom is 0.369 e. The number of thiol groups is 1. The molecule has 0 bridgehead atoms. The van der Waals surface area contributed by atoms with Crippen LogP contribution >= 0.6 is 12.6 Å². The van der Waals surface area contributed by atoms with Gasteiger partial charge in [0.05, 0.1) is 6.26 Å². The van der Waals surface area contributed by atoms with Crippen molar-refractivity contribution < 1.29 is 9.53 Å². The first-order chi connectivity index (χ1) is 5.79. The summed E-state index contributed by atoms with van der Waals surface area (Å²) in [6.45, 7) is 0. The molecule has 0 saturated carbocycles. The predicted octanol–water partition coefficient (Wildman–Crippen LogP) is 2.72. The highest BCUT2D eigenvalue weighted by molar-refractivity contribution is 7.96. The third-order valence-corrected chi connectivity index (χ3v) is 1.33. The Hall–Kier alpha value is -1.22. The van der Waals surface area contributed by atoms with Gasteiger partial charge in [-0.1, -0.05) is 43.0 Å². The van der Waals surface area contributed by atoms with Gasteiger partial charge in [0.25, 0.3) is 0 Å². The standard InChI is InChI=1S/C9H8O2S/c10-9(12)11-7-6-8-4-2-1-3-5-8/h1-7H,(H,10,12)/b7-6+. The first-order valence-corrected chi connectivity index (χ1v) is 3.85. The number of hydrogen-bond donors (Lipinski definition) is 1. The molecule has 2 nitrogen and oxygen atoms in total. The van der Waals surface area contributed by atoms with Crippen LogP contribution in [0.25, 0.3) is 6.08 Å². The van der Waals surface area contributed by atoms with E-state index in [1.54, 1.807) is 6.08 Å². The van der Waals surface area contributed by atoms with Gasteiger partial charge in [-0.25, -0.2) is 4.79 Å². The van der Waals surface area contributed by atoms with E-state index < -0.39 is 5.30 Å². The van der Waals surface area contributed by atoms with E-state index in [0.717, 1.165) is 5.56 Å². The van der Waals surface area contributed by atoms with E-state index in [2.05, 4.69) is 17.4 Å². The fraction of sp³-hybridized carbons (Fsp3) is 0. The molecule has 0 saturated heterocycles. The van der Waals surface area contributed by atoms with Crippen LogP contribution in [0.5, 0.6) is 0 Å². The molecule has 1 aromatic carbocycles. The van der Waals surface area contributed by atoms with Gasteiger partial charge in [-0.2, -0.15) is 0 Å². The van der Waals surface area contributed by atoms with E-state index in [4.69, 9.17) is 0 Å². The van der Waals surface area contributed by atoms with Crippen LogP contribution in [0.15, 0.2) is 36.6 Å². The Morgan fingerprint density at radius 1 is 1.33 bits per heavy atom. The summed E-state index contributed by atoms with van der Waals surface area (Å²) < 4.78 is 4.49. The van der Waals surface area contributed by atoms with Crippen molar-refractivity contribution in [2.75, 3.05) is 0 Å². The Balaban J connectivity index is 2.52. The highest BCUT2D eigenvalue weighted by Gasteiger charge is 1.86. The molecule has 0 aliphatic carbocycles. The van der Waals surface area contributed by atoms with E-state index in [0.29, 0.717) is 0 Å². The van der Waals surface area contributed by atoms with Crippen molar-refractivity contribution in [1.29, 1.82) is 0 Å². The molecule has 0 aromatic heterocycles. The molecule has 0 spiro atoms. The largest absolute Gasteiger partial charge is 0.427 e. The summed E-state index contributed by atoms with van der Waals surface area (Å²) in [5.74, 6) is 0. The van der Waals surface area contributed by atoms with Crippen LogP contribution in [0.4, 0.5) is 4.79 Å². The van der Waals surface area contributed by atoms with Gasteiger partial charge in [-0.05, 0) is 11.6 Å². The van der Waals surface area contributed by atoms with E-state index in [9.17, 15) is 4.79 Å². The second kappa shape index (κ2) is 4.62. The van der Waals surface area contributed by atoms with E-state index in [1.807, 2.05) is 30.3 Å². The lowest BCUT2D eigenvalue weighted by molar-refractivity contribution is 0.215. The third kappa shape index (κ3) is 3.25. The fourth-order valence-electron chi connectivity index (χ4n) is 0.735. The number of ether oxygens (including phenoxy) is 1. The van der Waals surface area contributed by atoms with Crippen molar-refractivity contribution in [1.82, 2.24) is 0 Å². The molecule has 0 fully saturated rings. The summed E-state index contributed by atoms with van der Waals surface area (Å²) in [7, 11) is 0. The molecule has 0 atom stereocenters. The van der Waals surface area contributed by atoms with Crippen LogP contribution in [0, 0.1) is 0 Å². The molecule has 0 radical (unpaired) electrons. The molecule has 1 aromatic rings. The van der Waals surface area contributed by atoms with Gasteiger partial charge in [0.15, 0.2) is 0 Å². The van der Waals surface area contributed by atoms with Crippen LogP contribution in [-0.4, -0.2) is 5.30 Å². The quantitative estimate of drug-likeness (QED) is 0.430. The molecule has 1 rings (SSSR count). The Morgan fingerprint density at radius 2 is 2.00 bits per heavy atom. The predicted molar refractivity (Wildman–Crippen MR) is 50.9 cm³/mol. The van der Waals surface area contributed by atoms with Crippen molar-refractivity contribution in [2.45, 2.75) is 0 Å². The summed E-state index contributed by atoms with van der Waals surface area (Å²) in [5.41, 5.74) is 0.979. The summed E-state index contributed by atoms with van der Waals surface area (Å²) >= 11 is 3.43. The molecule has 3 heteroatoms. The first-order valence-electron chi connectivity index (χ1n) is 3.40. The van der Waals surface area contributed by atoms with E-state index in [1.165, 1.54) is 6.26 Å². The normalized spacial score (nSPS) is 10.1. The number of carbonyl (C=O) groups excluding carboxylic acids is 1. The van der Waals surface area contributed by atoms with Gasteiger partial charge >= 0.3 is 5.30 Å². The molecular formula is C9H8O2S. The molecule has 0 heterocycles. The highest BCUT2D eigenvalue weighted by atomic mass is 32.1. The van der Waals surface area contributed by atoms with Crippen molar-refractivity contribution in [2.24, 2.45) is 0 Å². The molecule has 0 N–H and O–H groups in total. The summed E-state index contributed by atoms with van der Waals surface area (Å²) in [5, 5.41) is -0.609. The molecule has 0 unspecified atom stereocenters. The second-order valence-electron chi connectivity index (χ2n) is 2.10. The maximum atomic E-state index is 10.2. The zero-order chi connectivity index (χ0) is 8.81. The van der Waals surface area contributed by atoms with Crippen LogP contribution in [0.2, 0.25) is 0 Å². The van der Waals surface area contributed by atoms with Crippen molar-refractivity contribution >= 4 is 24.0 Å².